The van der Waals surface area contributed by atoms with Crippen LogP contribution in [0.2, 0.25) is 0 Å². The monoisotopic (exact) mass is 340 g/mol. The maximum Gasteiger partial charge on any atom is 0.185 e. The van der Waals surface area contributed by atoms with Gasteiger partial charge in [-0.25, -0.2) is 9.67 Å². The zero-order valence-corrected chi connectivity index (χ0v) is 14.4. The van der Waals surface area contributed by atoms with Crippen molar-refractivity contribution in [2.75, 3.05) is 24.5 Å². The molecule has 0 bridgehead atoms. The number of nitrogens with zero attached hydrogens (tertiary/aromatic N) is 6. The molecule has 0 radical (unpaired) electrons. The van der Waals surface area contributed by atoms with Crippen molar-refractivity contribution in [3.8, 4) is 5.69 Å². The third-order valence-electron chi connectivity index (χ3n) is 4.32. The Morgan fingerprint density at radius 2 is 2.08 bits per heavy atom. The predicted octanol–water partition coefficient (Wildman–Crippen LogP) is 2.43. The first-order chi connectivity index (χ1) is 11.8. The maximum atomic E-state index is 4.44. The van der Waals surface area contributed by atoms with Crippen LogP contribution in [0, 0.1) is 0 Å². The summed E-state index contributed by atoms with van der Waals surface area (Å²) in [7, 11) is 0. The summed E-state index contributed by atoms with van der Waals surface area (Å²) in [5, 5.41) is 11.7. The Hall–Kier alpha value is -2.25. The minimum absolute atomic E-state index is 0.453. The average Bonchev–Trinajstić information content (AvgIpc) is 3.28. The zero-order chi connectivity index (χ0) is 16.4. The SMILES string of the molecule is C[C@@H]1CN(Cc2cn(-c3ccccc3)nn2)CCN1c1nccs1. The van der Waals surface area contributed by atoms with Gasteiger partial charge in [-0.15, -0.1) is 16.4 Å². The molecule has 1 atom stereocenters. The third kappa shape index (κ3) is 3.18. The molecule has 4 rings (SSSR count). The molecule has 0 unspecified atom stereocenters. The van der Waals surface area contributed by atoms with Crippen LogP contribution in [-0.4, -0.2) is 50.6 Å². The Morgan fingerprint density at radius 3 is 2.83 bits per heavy atom. The van der Waals surface area contributed by atoms with Gasteiger partial charge in [0.2, 0.25) is 0 Å². The van der Waals surface area contributed by atoms with E-state index >= 15 is 0 Å². The van der Waals surface area contributed by atoms with Gasteiger partial charge in [0.25, 0.3) is 0 Å². The van der Waals surface area contributed by atoms with Crippen molar-refractivity contribution in [1.82, 2.24) is 24.9 Å². The molecular weight excluding hydrogens is 320 g/mol. The number of anilines is 1. The Kier molecular flexibility index (Phi) is 4.27. The minimum atomic E-state index is 0.453. The molecule has 1 aliphatic heterocycles. The van der Waals surface area contributed by atoms with Crippen molar-refractivity contribution >= 4 is 16.5 Å². The van der Waals surface area contributed by atoms with Crippen LogP contribution in [0.15, 0.2) is 48.1 Å². The molecule has 0 aliphatic carbocycles. The fraction of sp³-hybridized carbons (Fsp3) is 0.353. The number of para-hydroxylation sites is 1. The van der Waals surface area contributed by atoms with Gasteiger partial charge >= 0.3 is 0 Å². The summed E-state index contributed by atoms with van der Waals surface area (Å²) >= 11 is 1.71. The van der Waals surface area contributed by atoms with E-state index in [1.807, 2.05) is 52.8 Å². The second-order valence-corrected chi connectivity index (χ2v) is 6.96. The maximum absolute atomic E-state index is 4.44. The summed E-state index contributed by atoms with van der Waals surface area (Å²) in [6.45, 7) is 6.12. The second kappa shape index (κ2) is 6.70. The van der Waals surface area contributed by atoms with Gasteiger partial charge in [-0.3, -0.25) is 4.90 Å². The lowest BCUT2D eigenvalue weighted by atomic mass is 10.2. The Bertz CT molecular complexity index is 770. The van der Waals surface area contributed by atoms with E-state index in [2.05, 4.69) is 32.0 Å². The molecule has 3 aromatic rings. The minimum Gasteiger partial charge on any atom is -0.343 e. The first-order valence-electron chi connectivity index (χ1n) is 8.15. The number of thiazole rings is 1. The van der Waals surface area contributed by atoms with Crippen molar-refractivity contribution in [2.24, 2.45) is 0 Å². The molecular formula is C17H20N6S. The van der Waals surface area contributed by atoms with Gasteiger partial charge in [0.15, 0.2) is 5.13 Å². The molecule has 1 aliphatic rings. The molecule has 124 valence electrons. The summed E-state index contributed by atoms with van der Waals surface area (Å²) in [4.78, 5) is 9.27. The third-order valence-corrected chi connectivity index (χ3v) is 5.13. The quantitative estimate of drug-likeness (QED) is 0.730. The average molecular weight is 340 g/mol. The highest BCUT2D eigenvalue weighted by atomic mass is 32.1. The van der Waals surface area contributed by atoms with Gasteiger partial charge in [0, 0.05) is 43.8 Å². The van der Waals surface area contributed by atoms with E-state index in [1.54, 1.807) is 11.3 Å². The summed E-state index contributed by atoms with van der Waals surface area (Å²) in [5.41, 5.74) is 2.05. The van der Waals surface area contributed by atoms with Crippen molar-refractivity contribution in [2.45, 2.75) is 19.5 Å². The van der Waals surface area contributed by atoms with Crippen LogP contribution in [0.3, 0.4) is 0 Å². The van der Waals surface area contributed by atoms with E-state index in [0.29, 0.717) is 6.04 Å². The van der Waals surface area contributed by atoms with Gasteiger partial charge in [0.1, 0.15) is 0 Å². The van der Waals surface area contributed by atoms with E-state index < -0.39 is 0 Å². The molecule has 1 fully saturated rings. The Labute approximate surface area is 145 Å². The highest BCUT2D eigenvalue weighted by molar-refractivity contribution is 7.13. The summed E-state index contributed by atoms with van der Waals surface area (Å²) in [5.74, 6) is 0. The predicted molar refractivity (Wildman–Crippen MR) is 95.6 cm³/mol. The molecule has 0 saturated carbocycles. The number of rotatable bonds is 4. The standard InChI is InChI=1S/C17H20N6S/c1-14-11-21(8-9-22(14)17-18-7-10-24-17)12-15-13-23(20-19-15)16-5-3-2-4-6-16/h2-7,10,13-14H,8-9,11-12H2,1H3/t14-/m1/s1. The highest BCUT2D eigenvalue weighted by Crippen LogP contribution is 2.23. The van der Waals surface area contributed by atoms with Crippen molar-refractivity contribution in [3.05, 3.63) is 53.8 Å². The summed E-state index contributed by atoms with van der Waals surface area (Å²) in [6, 6.07) is 10.5. The van der Waals surface area contributed by atoms with Crippen molar-refractivity contribution in [3.63, 3.8) is 0 Å². The Balaban J connectivity index is 1.39. The molecule has 24 heavy (non-hydrogen) atoms. The van der Waals surface area contributed by atoms with Crippen LogP contribution < -0.4 is 4.90 Å². The van der Waals surface area contributed by atoms with Crippen molar-refractivity contribution < 1.29 is 0 Å². The summed E-state index contributed by atoms with van der Waals surface area (Å²) in [6.07, 6.45) is 3.90. The van der Waals surface area contributed by atoms with E-state index in [0.717, 1.165) is 42.7 Å². The normalized spacial score (nSPS) is 18.9. The highest BCUT2D eigenvalue weighted by Gasteiger charge is 2.25. The molecule has 2 aromatic heterocycles. The van der Waals surface area contributed by atoms with Crippen LogP contribution in [0.25, 0.3) is 5.69 Å². The van der Waals surface area contributed by atoms with E-state index in [9.17, 15) is 0 Å². The molecule has 7 heteroatoms. The van der Waals surface area contributed by atoms with Gasteiger partial charge in [-0.2, -0.15) is 0 Å². The number of hydrogen-bond donors (Lipinski definition) is 0. The molecule has 1 saturated heterocycles. The van der Waals surface area contributed by atoms with Gasteiger partial charge in [-0.1, -0.05) is 23.4 Å². The van der Waals surface area contributed by atoms with E-state index in [4.69, 9.17) is 0 Å². The van der Waals surface area contributed by atoms with Crippen LogP contribution >= 0.6 is 11.3 Å². The van der Waals surface area contributed by atoms with Crippen LogP contribution in [-0.2, 0) is 6.54 Å². The fourth-order valence-corrected chi connectivity index (χ4v) is 3.90. The molecule has 6 nitrogen and oxygen atoms in total. The molecule has 0 spiro atoms. The topological polar surface area (TPSA) is 50.1 Å². The fourth-order valence-electron chi connectivity index (χ4n) is 3.13. The number of piperazine rings is 1. The van der Waals surface area contributed by atoms with E-state index in [1.165, 1.54) is 0 Å². The zero-order valence-electron chi connectivity index (χ0n) is 13.6. The Morgan fingerprint density at radius 1 is 1.21 bits per heavy atom. The van der Waals surface area contributed by atoms with Crippen molar-refractivity contribution in [1.29, 1.82) is 0 Å². The number of hydrogen-bond acceptors (Lipinski definition) is 6. The number of benzene rings is 1. The largest absolute Gasteiger partial charge is 0.343 e. The second-order valence-electron chi connectivity index (χ2n) is 6.08. The van der Waals surface area contributed by atoms with Crippen LogP contribution in [0.1, 0.15) is 12.6 Å². The van der Waals surface area contributed by atoms with Gasteiger partial charge < -0.3 is 4.90 Å². The molecule has 1 aromatic carbocycles. The first kappa shape index (κ1) is 15.3. The smallest absolute Gasteiger partial charge is 0.185 e. The number of aromatic nitrogens is 4. The van der Waals surface area contributed by atoms with Crippen LogP contribution in [0.4, 0.5) is 5.13 Å². The first-order valence-corrected chi connectivity index (χ1v) is 9.03. The lowest BCUT2D eigenvalue weighted by Crippen LogP contribution is -2.51. The molecule has 0 amide bonds. The van der Waals surface area contributed by atoms with Crippen LogP contribution in [0.5, 0.6) is 0 Å². The van der Waals surface area contributed by atoms with E-state index in [-0.39, 0.29) is 0 Å². The lowest BCUT2D eigenvalue weighted by Gasteiger charge is -2.39. The molecule has 0 N–H and O–H groups in total. The lowest BCUT2D eigenvalue weighted by molar-refractivity contribution is 0.218. The summed E-state index contributed by atoms with van der Waals surface area (Å²) < 4.78 is 1.84. The molecule has 3 heterocycles. The van der Waals surface area contributed by atoms with Gasteiger partial charge in [0.05, 0.1) is 17.6 Å². The van der Waals surface area contributed by atoms with Gasteiger partial charge in [-0.05, 0) is 19.1 Å².